The lowest BCUT2D eigenvalue weighted by Gasteiger charge is -2.36. The Kier molecular flexibility index (Phi) is 5.64. The van der Waals surface area contributed by atoms with Crippen LogP contribution in [0.15, 0.2) is 42.5 Å². The van der Waals surface area contributed by atoms with Crippen molar-refractivity contribution in [3.05, 3.63) is 42.5 Å². The van der Waals surface area contributed by atoms with Crippen LogP contribution in [0.3, 0.4) is 0 Å². The molecule has 1 amide bonds. The zero-order chi connectivity index (χ0) is 17.6. The highest BCUT2D eigenvalue weighted by molar-refractivity contribution is 5.79. The van der Waals surface area contributed by atoms with Crippen LogP contribution in [0.25, 0.3) is 11.3 Å². The monoisotopic (exact) mass is 338 g/mol. The molecule has 0 unspecified atom stereocenters. The van der Waals surface area contributed by atoms with Crippen molar-refractivity contribution in [2.45, 2.75) is 26.7 Å². The molecule has 25 heavy (non-hydrogen) atoms. The Morgan fingerprint density at radius 1 is 0.960 bits per heavy atom. The number of carbonyl (C=O) groups is 1. The van der Waals surface area contributed by atoms with Crippen LogP contribution >= 0.6 is 0 Å². The van der Waals surface area contributed by atoms with Crippen LogP contribution in [-0.2, 0) is 4.79 Å². The van der Waals surface area contributed by atoms with Gasteiger partial charge in [-0.1, -0.05) is 44.2 Å². The quantitative estimate of drug-likeness (QED) is 0.840. The second-order valence-corrected chi connectivity index (χ2v) is 6.47. The standard InChI is InChI=1S/C20H26N4O/c1-3-16(4-2)20(25)24-14-12-23(13-15-24)19-11-10-18(21-22-19)17-8-6-5-7-9-17/h5-11,16H,3-4,12-15H2,1-2H3. The van der Waals surface area contributed by atoms with Crippen LogP contribution in [0.4, 0.5) is 5.82 Å². The SMILES string of the molecule is CCC(CC)C(=O)N1CCN(c2ccc(-c3ccccc3)nn2)CC1. The number of hydrogen-bond donors (Lipinski definition) is 0. The first-order valence-corrected chi connectivity index (χ1v) is 9.15. The first-order valence-electron chi connectivity index (χ1n) is 9.15. The highest BCUT2D eigenvalue weighted by Gasteiger charge is 2.26. The fourth-order valence-corrected chi connectivity index (χ4v) is 3.31. The number of aromatic nitrogens is 2. The molecule has 0 radical (unpaired) electrons. The predicted molar refractivity (Wildman–Crippen MR) is 100 cm³/mol. The minimum absolute atomic E-state index is 0.163. The molecular formula is C20H26N4O. The molecule has 132 valence electrons. The Balaban J connectivity index is 1.61. The lowest BCUT2D eigenvalue weighted by atomic mass is 10.0. The molecule has 0 saturated carbocycles. The van der Waals surface area contributed by atoms with Gasteiger partial charge in [0, 0.05) is 37.7 Å². The molecule has 1 saturated heterocycles. The molecule has 1 aromatic carbocycles. The second-order valence-electron chi connectivity index (χ2n) is 6.47. The fraction of sp³-hybridized carbons (Fsp3) is 0.450. The number of piperazine rings is 1. The molecule has 0 aliphatic carbocycles. The van der Waals surface area contributed by atoms with Gasteiger partial charge in [-0.15, -0.1) is 10.2 Å². The summed E-state index contributed by atoms with van der Waals surface area (Å²) in [5, 5.41) is 8.75. The summed E-state index contributed by atoms with van der Waals surface area (Å²) in [6.07, 6.45) is 1.84. The smallest absolute Gasteiger partial charge is 0.225 e. The van der Waals surface area contributed by atoms with Crippen molar-refractivity contribution in [2.75, 3.05) is 31.1 Å². The highest BCUT2D eigenvalue weighted by Crippen LogP contribution is 2.20. The first kappa shape index (κ1) is 17.4. The molecule has 2 heterocycles. The average molecular weight is 338 g/mol. The van der Waals surface area contributed by atoms with Gasteiger partial charge in [0.2, 0.25) is 5.91 Å². The topological polar surface area (TPSA) is 49.3 Å². The number of hydrogen-bond acceptors (Lipinski definition) is 4. The first-order chi connectivity index (χ1) is 12.2. The predicted octanol–water partition coefficient (Wildman–Crippen LogP) is 3.23. The normalized spacial score (nSPS) is 14.8. The zero-order valence-corrected chi connectivity index (χ0v) is 15.1. The van der Waals surface area contributed by atoms with Gasteiger partial charge in [-0.25, -0.2) is 0 Å². The van der Waals surface area contributed by atoms with Crippen LogP contribution in [0.5, 0.6) is 0 Å². The van der Waals surface area contributed by atoms with Crippen LogP contribution in [0.1, 0.15) is 26.7 Å². The summed E-state index contributed by atoms with van der Waals surface area (Å²) in [4.78, 5) is 16.7. The van der Waals surface area contributed by atoms with E-state index < -0.39 is 0 Å². The summed E-state index contributed by atoms with van der Waals surface area (Å²) in [7, 11) is 0. The Hall–Kier alpha value is -2.43. The molecule has 0 atom stereocenters. The largest absolute Gasteiger partial charge is 0.352 e. The molecule has 1 aliphatic heterocycles. The van der Waals surface area contributed by atoms with Crippen LogP contribution in [0.2, 0.25) is 0 Å². The maximum atomic E-state index is 12.5. The van der Waals surface area contributed by atoms with Crippen molar-refractivity contribution in [2.24, 2.45) is 5.92 Å². The zero-order valence-electron chi connectivity index (χ0n) is 15.1. The summed E-state index contributed by atoms with van der Waals surface area (Å²) in [6.45, 7) is 7.32. The molecule has 0 spiro atoms. The van der Waals surface area contributed by atoms with Gasteiger partial charge in [0.05, 0.1) is 5.69 Å². The van der Waals surface area contributed by atoms with Crippen molar-refractivity contribution in [1.29, 1.82) is 0 Å². The van der Waals surface area contributed by atoms with Gasteiger partial charge in [0.25, 0.3) is 0 Å². The van der Waals surface area contributed by atoms with Crippen LogP contribution < -0.4 is 4.90 Å². The van der Waals surface area contributed by atoms with Crippen molar-refractivity contribution in [3.8, 4) is 11.3 Å². The molecule has 3 rings (SSSR count). The van der Waals surface area contributed by atoms with E-state index in [0.717, 1.165) is 56.1 Å². The van der Waals surface area contributed by atoms with E-state index in [1.165, 1.54) is 0 Å². The molecule has 5 nitrogen and oxygen atoms in total. The third-order valence-electron chi connectivity index (χ3n) is 4.97. The Morgan fingerprint density at radius 3 is 2.20 bits per heavy atom. The third-order valence-corrected chi connectivity index (χ3v) is 4.97. The number of anilines is 1. The van der Waals surface area contributed by atoms with E-state index in [-0.39, 0.29) is 5.92 Å². The van der Waals surface area contributed by atoms with Gasteiger partial charge in [-0.3, -0.25) is 4.79 Å². The Bertz CT molecular complexity index is 675. The number of amides is 1. The third kappa shape index (κ3) is 3.98. The van der Waals surface area contributed by atoms with E-state index in [1.807, 2.05) is 47.4 Å². The van der Waals surface area contributed by atoms with Crippen molar-refractivity contribution < 1.29 is 4.79 Å². The van der Waals surface area contributed by atoms with Crippen LogP contribution in [0, 0.1) is 5.92 Å². The molecule has 1 aromatic heterocycles. The van der Waals surface area contributed by atoms with Gasteiger partial charge in [-0.2, -0.15) is 0 Å². The molecule has 0 N–H and O–H groups in total. The van der Waals surface area contributed by atoms with Crippen molar-refractivity contribution in [1.82, 2.24) is 15.1 Å². The summed E-state index contributed by atoms with van der Waals surface area (Å²) < 4.78 is 0. The van der Waals surface area contributed by atoms with E-state index >= 15 is 0 Å². The van der Waals surface area contributed by atoms with E-state index in [0.29, 0.717) is 5.91 Å². The lowest BCUT2D eigenvalue weighted by Crippen LogP contribution is -2.50. The summed E-state index contributed by atoms with van der Waals surface area (Å²) in [5.41, 5.74) is 1.95. The van der Waals surface area contributed by atoms with Gasteiger partial charge in [0.15, 0.2) is 5.82 Å². The minimum Gasteiger partial charge on any atom is -0.352 e. The summed E-state index contributed by atoms with van der Waals surface area (Å²) in [6, 6.07) is 14.1. The number of benzene rings is 1. The minimum atomic E-state index is 0.163. The molecule has 1 fully saturated rings. The maximum Gasteiger partial charge on any atom is 0.225 e. The molecule has 0 bridgehead atoms. The molecular weight excluding hydrogens is 312 g/mol. The second kappa shape index (κ2) is 8.10. The van der Waals surface area contributed by atoms with Gasteiger partial charge in [-0.05, 0) is 25.0 Å². The van der Waals surface area contributed by atoms with Crippen LogP contribution in [-0.4, -0.2) is 47.2 Å². The maximum absolute atomic E-state index is 12.5. The van der Waals surface area contributed by atoms with Crippen molar-refractivity contribution >= 4 is 11.7 Å². The Morgan fingerprint density at radius 2 is 1.64 bits per heavy atom. The highest BCUT2D eigenvalue weighted by atomic mass is 16.2. The van der Waals surface area contributed by atoms with Gasteiger partial charge in [0.1, 0.15) is 0 Å². The lowest BCUT2D eigenvalue weighted by molar-refractivity contribution is -0.136. The van der Waals surface area contributed by atoms with E-state index in [9.17, 15) is 4.79 Å². The fourth-order valence-electron chi connectivity index (χ4n) is 3.31. The van der Waals surface area contributed by atoms with E-state index in [4.69, 9.17) is 0 Å². The Labute approximate surface area is 149 Å². The van der Waals surface area contributed by atoms with Gasteiger partial charge < -0.3 is 9.80 Å². The van der Waals surface area contributed by atoms with E-state index in [2.05, 4.69) is 28.9 Å². The molecule has 1 aliphatic rings. The number of rotatable bonds is 5. The average Bonchev–Trinajstić information content (AvgIpc) is 2.70. The number of carbonyl (C=O) groups excluding carboxylic acids is 1. The summed E-state index contributed by atoms with van der Waals surface area (Å²) in [5.74, 6) is 1.35. The summed E-state index contributed by atoms with van der Waals surface area (Å²) >= 11 is 0. The molecule has 2 aromatic rings. The number of nitrogens with zero attached hydrogens (tertiary/aromatic N) is 4. The van der Waals surface area contributed by atoms with E-state index in [1.54, 1.807) is 0 Å². The van der Waals surface area contributed by atoms with Gasteiger partial charge >= 0.3 is 0 Å². The molecule has 5 heteroatoms. The van der Waals surface area contributed by atoms with Crippen molar-refractivity contribution in [3.63, 3.8) is 0 Å².